The fraction of sp³-hybridized carbons (Fsp3) is 0.476. The standard InChI is InChI=1S/C21H25N3O6/c1-13-10-17(23-30-13)21(27)22-15-4-2-14(3-5-15)20-18(11-25)24(19(26)12-29-20)16-6-8-28-9-7-16/h2-5,10,16,18,20,25H,6-9,11-12H2,1H3,(H,22,27)/t18-,20-/m1/s1. The van der Waals surface area contributed by atoms with E-state index in [1.54, 1.807) is 30.0 Å². The highest BCUT2D eigenvalue weighted by atomic mass is 16.5. The largest absolute Gasteiger partial charge is 0.394 e. The third-order valence-corrected chi connectivity index (χ3v) is 5.51. The Labute approximate surface area is 173 Å². The van der Waals surface area contributed by atoms with E-state index in [0.29, 0.717) is 24.7 Å². The van der Waals surface area contributed by atoms with E-state index in [1.165, 1.54) is 0 Å². The number of carbonyl (C=O) groups is 2. The van der Waals surface area contributed by atoms with Gasteiger partial charge in [-0.05, 0) is 37.5 Å². The fourth-order valence-corrected chi connectivity index (χ4v) is 4.04. The van der Waals surface area contributed by atoms with Gasteiger partial charge in [0.05, 0.1) is 12.6 Å². The molecule has 2 aromatic rings. The van der Waals surface area contributed by atoms with Gasteiger partial charge in [-0.1, -0.05) is 17.3 Å². The van der Waals surface area contributed by atoms with E-state index >= 15 is 0 Å². The number of hydrogen-bond acceptors (Lipinski definition) is 7. The number of benzene rings is 1. The second-order valence-electron chi connectivity index (χ2n) is 7.53. The molecule has 4 rings (SSSR count). The minimum atomic E-state index is -0.465. The number of anilines is 1. The smallest absolute Gasteiger partial charge is 0.277 e. The Morgan fingerprint density at radius 3 is 2.63 bits per heavy atom. The van der Waals surface area contributed by atoms with Gasteiger partial charge < -0.3 is 29.3 Å². The van der Waals surface area contributed by atoms with E-state index in [4.69, 9.17) is 14.0 Å². The molecule has 3 heterocycles. The summed E-state index contributed by atoms with van der Waals surface area (Å²) in [5, 5.41) is 16.5. The highest BCUT2D eigenvalue weighted by Crippen LogP contribution is 2.33. The molecule has 0 bridgehead atoms. The average Bonchev–Trinajstić information content (AvgIpc) is 3.21. The lowest BCUT2D eigenvalue weighted by molar-refractivity contribution is -0.168. The monoisotopic (exact) mass is 415 g/mol. The summed E-state index contributed by atoms with van der Waals surface area (Å²) in [6, 6.07) is 8.31. The van der Waals surface area contributed by atoms with Gasteiger partial charge in [0.2, 0.25) is 5.91 Å². The summed E-state index contributed by atoms with van der Waals surface area (Å²) < 4.78 is 16.1. The molecule has 9 nitrogen and oxygen atoms in total. The Balaban J connectivity index is 1.48. The minimum absolute atomic E-state index is 0.0253. The maximum absolute atomic E-state index is 12.5. The molecule has 0 aliphatic carbocycles. The van der Waals surface area contributed by atoms with Crippen LogP contribution >= 0.6 is 0 Å². The molecule has 1 aromatic carbocycles. The van der Waals surface area contributed by atoms with Gasteiger partial charge in [0.1, 0.15) is 18.5 Å². The van der Waals surface area contributed by atoms with Crippen LogP contribution in [0.3, 0.4) is 0 Å². The summed E-state index contributed by atoms with van der Waals surface area (Å²) >= 11 is 0. The molecule has 2 atom stereocenters. The molecule has 0 spiro atoms. The van der Waals surface area contributed by atoms with Crippen molar-refractivity contribution in [3.8, 4) is 0 Å². The summed E-state index contributed by atoms with van der Waals surface area (Å²) in [5.74, 6) is 0.0886. The van der Waals surface area contributed by atoms with Crippen molar-refractivity contribution in [1.29, 1.82) is 0 Å². The number of aromatic nitrogens is 1. The van der Waals surface area contributed by atoms with Crippen molar-refractivity contribution in [1.82, 2.24) is 10.1 Å². The van der Waals surface area contributed by atoms with Crippen LogP contribution in [0.1, 0.15) is 40.8 Å². The van der Waals surface area contributed by atoms with Crippen molar-refractivity contribution < 1.29 is 28.7 Å². The first-order chi connectivity index (χ1) is 14.6. The molecule has 9 heteroatoms. The molecular formula is C21H25N3O6. The lowest BCUT2D eigenvalue weighted by atomic mass is 9.95. The number of carbonyl (C=O) groups excluding carboxylic acids is 2. The summed E-state index contributed by atoms with van der Waals surface area (Å²) in [6.07, 6.45) is 1.06. The molecule has 0 unspecified atom stereocenters. The van der Waals surface area contributed by atoms with E-state index in [0.717, 1.165) is 18.4 Å². The van der Waals surface area contributed by atoms with Crippen molar-refractivity contribution >= 4 is 17.5 Å². The zero-order valence-electron chi connectivity index (χ0n) is 16.7. The number of hydrogen-bond donors (Lipinski definition) is 2. The molecule has 2 fully saturated rings. The van der Waals surface area contributed by atoms with Gasteiger partial charge in [0.25, 0.3) is 5.91 Å². The van der Waals surface area contributed by atoms with Crippen molar-refractivity contribution in [2.24, 2.45) is 0 Å². The Morgan fingerprint density at radius 1 is 1.27 bits per heavy atom. The third-order valence-electron chi connectivity index (χ3n) is 5.51. The Bertz CT molecular complexity index is 890. The van der Waals surface area contributed by atoms with E-state index in [-0.39, 0.29) is 36.8 Å². The van der Waals surface area contributed by atoms with Gasteiger partial charge in [-0.2, -0.15) is 0 Å². The minimum Gasteiger partial charge on any atom is -0.394 e. The Hall–Kier alpha value is -2.75. The summed E-state index contributed by atoms with van der Waals surface area (Å²) in [6.45, 7) is 2.71. The number of rotatable bonds is 5. The number of aliphatic hydroxyl groups is 1. The lowest BCUT2D eigenvalue weighted by Crippen LogP contribution is -2.57. The molecule has 1 aromatic heterocycles. The first kappa shape index (κ1) is 20.5. The molecule has 0 saturated carbocycles. The number of aryl methyl sites for hydroxylation is 1. The van der Waals surface area contributed by atoms with Crippen LogP contribution in [0.5, 0.6) is 0 Å². The lowest BCUT2D eigenvalue weighted by Gasteiger charge is -2.45. The Morgan fingerprint density at radius 2 is 2.00 bits per heavy atom. The molecule has 2 N–H and O–H groups in total. The van der Waals surface area contributed by atoms with Crippen LogP contribution in [-0.4, -0.2) is 65.5 Å². The Kier molecular flexibility index (Phi) is 6.12. The molecule has 2 aliphatic rings. The van der Waals surface area contributed by atoms with Crippen LogP contribution in [-0.2, 0) is 14.3 Å². The number of nitrogens with one attached hydrogen (secondary N) is 1. The maximum Gasteiger partial charge on any atom is 0.277 e. The maximum atomic E-state index is 12.5. The molecule has 2 saturated heterocycles. The average molecular weight is 415 g/mol. The number of ether oxygens (including phenoxy) is 2. The predicted molar refractivity (Wildman–Crippen MR) is 106 cm³/mol. The zero-order chi connectivity index (χ0) is 21.1. The van der Waals surface area contributed by atoms with Crippen molar-refractivity contribution in [3.05, 3.63) is 47.3 Å². The van der Waals surface area contributed by atoms with Crippen molar-refractivity contribution in [3.63, 3.8) is 0 Å². The molecule has 160 valence electrons. The fourth-order valence-electron chi connectivity index (χ4n) is 4.04. The second kappa shape index (κ2) is 8.95. The molecule has 30 heavy (non-hydrogen) atoms. The van der Waals surface area contributed by atoms with E-state index in [9.17, 15) is 14.7 Å². The first-order valence-electron chi connectivity index (χ1n) is 10.0. The summed E-state index contributed by atoms with van der Waals surface area (Å²) in [4.78, 5) is 26.5. The van der Waals surface area contributed by atoms with Crippen LogP contribution < -0.4 is 5.32 Å². The van der Waals surface area contributed by atoms with Crippen LogP contribution in [0.25, 0.3) is 0 Å². The van der Waals surface area contributed by atoms with Gasteiger partial charge in [-0.15, -0.1) is 0 Å². The third kappa shape index (κ3) is 4.23. The van der Waals surface area contributed by atoms with Gasteiger partial charge in [-0.25, -0.2) is 0 Å². The normalized spacial score (nSPS) is 22.9. The van der Waals surface area contributed by atoms with Crippen LogP contribution in [0.2, 0.25) is 0 Å². The number of nitrogens with zero attached hydrogens (tertiary/aromatic N) is 2. The van der Waals surface area contributed by atoms with E-state index in [1.807, 2.05) is 12.1 Å². The number of morpholine rings is 1. The zero-order valence-corrected chi connectivity index (χ0v) is 16.7. The quantitative estimate of drug-likeness (QED) is 0.764. The topological polar surface area (TPSA) is 114 Å². The number of amides is 2. The number of aliphatic hydroxyl groups excluding tert-OH is 1. The van der Waals surface area contributed by atoms with Gasteiger partial charge in [-0.3, -0.25) is 9.59 Å². The first-order valence-corrected chi connectivity index (χ1v) is 10.0. The van der Waals surface area contributed by atoms with Crippen LogP contribution in [0.4, 0.5) is 5.69 Å². The van der Waals surface area contributed by atoms with Gasteiger partial charge in [0, 0.05) is 31.0 Å². The second-order valence-corrected chi connectivity index (χ2v) is 7.53. The highest BCUT2D eigenvalue weighted by Gasteiger charge is 2.41. The summed E-state index contributed by atoms with van der Waals surface area (Å²) in [5.41, 5.74) is 1.63. The molecule has 0 radical (unpaired) electrons. The van der Waals surface area contributed by atoms with E-state index in [2.05, 4.69) is 10.5 Å². The summed E-state index contributed by atoms with van der Waals surface area (Å²) in [7, 11) is 0. The van der Waals surface area contributed by atoms with Crippen molar-refractivity contribution in [2.45, 2.75) is 38.0 Å². The predicted octanol–water partition coefficient (Wildman–Crippen LogP) is 1.68. The van der Waals surface area contributed by atoms with E-state index < -0.39 is 12.1 Å². The van der Waals surface area contributed by atoms with Crippen molar-refractivity contribution in [2.75, 3.05) is 31.7 Å². The highest BCUT2D eigenvalue weighted by molar-refractivity contribution is 6.02. The van der Waals surface area contributed by atoms with Crippen LogP contribution in [0, 0.1) is 6.92 Å². The molecule has 2 aliphatic heterocycles. The molecular weight excluding hydrogens is 390 g/mol. The van der Waals surface area contributed by atoms with Gasteiger partial charge >= 0.3 is 0 Å². The van der Waals surface area contributed by atoms with Crippen LogP contribution in [0.15, 0.2) is 34.9 Å². The molecule has 2 amide bonds. The SMILES string of the molecule is Cc1cc(C(=O)Nc2ccc([C@H]3OCC(=O)N(C4CCOCC4)[C@@H]3CO)cc2)no1. The van der Waals surface area contributed by atoms with Gasteiger partial charge in [0.15, 0.2) is 5.69 Å².